The Kier molecular flexibility index (Phi) is 9.40. The zero-order chi connectivity index (χ0) is 41.4. The van der Waals surface area contributed by atoms with E-state index in [1.54, 1.807) is 0 Å². The highest BCUT2D eigenvalue weighted by Crippen LogP contribution is 2.43. The molecule has 0 saturated heterocycles. The van der Waals surface area contributed by atoms with Crippen molar-refractivity contribution in [2.75, 3.05) is 0 Å². The molecule has 0 aliphatic carbocycles. The Labute approximate surface area is 361 Å². The number of aromatic nitrogens is 3. The van der Waals surface area contributed by atoms with Crippen LogP contribution >= 0.6 is 0 Å². The van der Waals surface area contributed by atoms with Gasteiger partial charge < -0.3 is 4.98 Å². The van der Waals surface area contributed by atoms with E-state index in [2.05, 4.69) is 230 Å². The van der Waals surface area contributed by atoms with Gasteiger partial charge in [0.05, 0.1) is 28.1 Å². The van der Waals surface area contributed by atoms with Gasteiger partial charge in [0.25, 0.3) is 0 Å². The first-order valence-electron chi connectivity index (χ1n) is 21.1. The number of pyridine rings is 2. The van der Waals surface area contributed by atoms with Gasteiger partial charge in [0, 0.05) is 33.7 Å². The van der Waals surface area contributed by atoms with Crippen LogP contribution in [0.15, 0.2) is 225 Å². The molecule has 3 heterocycles. The van der Waals surface area contributed by atoms with Gasteiger partial charge in [-0.25, -0.2) is 4.98 Å². The third-order valence-corrected chi connectivity index (χ3v) is 12.0. The van der Waals surface area contributed by atoms with Crippen molar-refractivity contribution in [1.29, 1.82) is 0 Å². The second-order valence-electron chi connectivity index (χ2n) is 15.9. The summed E-state index contributed by atoms with van der Waals surface area (Å²) in [7, 11) is 0. The molecule has 0 bridgehead atoms. The van der Waals surface area contributed by atoms with Gasteiger partial charge in [0.1, 0.15) is 0 Å². The van der Waals surface area contributed by atoms with Crippen molar-refractivity contribution in [2.45, 2.75) is 6.92 Å². The Balaban J connectivity index is 1.20. The lowest BCUT2D eigenvalue weighted by Crippen LogP contribution is -1.93. The fourth-order valence-corrected chi connectivity index (χ4v) is 8.80. The molecule has 0 amide bonds. The summed E-state index contributed by atoms with van der Waals surface area (Å²) in [4.78, 5) is 14.7. The summed E-state index contributed by atoms with van der Waals surface area (Å²) in [6.07, 6.45) is 2.01. The molecule has 292 valence electrons. The fraction of sp³-hybridized carbons (Fsp3) is 0.0169. The summed E-state index contributed by atoms with van der Waals surface area (Å²) in [6.45, 7) is 2.14. The highest BCUT2D eigenvalue weighted by Gasteiger charge is 2.21. The topological polar surface area (TPSA) is 41.6 Å². The smallest absolute Gasteiger partial charge is 0.0737 e. The molecule has 0 unspecified atom stereocenters. The van der Waals surface area contributed by atoms with E-state index in [1.165, 1.54) is 16.7 Å². The zero-order valence-electron chi connectivity index (χ0n) is 34.3. The maximum atomic E-state index is 5.56. The van der Waals surface area contributed by atoms with Crippen molar-refractivity contribution in [3.63, 3.8) is 0 Å². The highest BCUT2D eigenvalue weighted by atomic mass is 14.8. The number of nitrogens with zero attached hydrogens (tertiary/aromatic N) is 2. The van der Waals surface area contributed by atoms with Crippen LogP contribution in [0.4, 0.5) is 0 Å². The van der Waals surface area contributed by atoms with Crippen molar-refractivity contribution < 1.29 is 0 Å². The van der Waals surface area contributed by atoms with Gasteiger partial charge in [-0.3, -0.25) is 4.98 Å². The molecule has 0 atom stereocenters. The van der Waals surface area contributed by atoms with Gasteiger partial charge in [-0.2, -0.15) is 0 Å². The van der Waals surface area contributed by atoms with Crippen LogP contribution in [0.2, 0.25) is 0 Å². The molecule has 8 aromatic carbocycles. The van der Waals surface area contributed by atoms with E-state index in [4.69, 9.17) is 9.97 Å². The van der Waals surface area contributed by atoms with Crippen molar-refractivity contribution in [3.8, 4) is 89.4 Å². The minimum atomic E-state index is 0.894. The summed E-state index contributed by atoms with van der Waals surface area (Å²) >= 11 is 0. The highest BCUT2D eigenvalue weighted by molar-refractivity contribution is 6.17. The van der Waals surface area contributed by atoms with E-state index in [9.17, 15) is 0 Å². The van der Waals surface area contributed by atoms with E-state index >= 15 is 0 Å². The van der Waals surface area contributed by atoms with E-state index in [1.807, 2.05) is 6.20 Å². The summed E-state index contributed by atoms with van der Waals surface area (Å²) in [5, 5.41) is 2.26. The van der Waals surface area contributed by atoms with E-state index in [-0.39, 0.29) is 0 Å². The van der Waals surface area contributed by atoms with E-state index in [0.29, 0.717) is 0 Å². The van der Waals surface area contributed by atoms with Crippen LogP contribution < -0.4 is 0 Å². The molecule has 11 aromatic rings. The Hall–Kier alpha value is -8.14. The quantitative estimate of drug-likeness (QED) is 0.167. The summed E-state index contributed by atoms with van der Waals surface area (Å²) in [5.74, 6) is 0. The molecule has 11 rings (SSSR count). The van der Waals surface area contributed by atoms with Gasteiger partial charge in [0.2, 0.25) is 0 Å². The number of H-pyrrole nitrogens is 1. The molecule has 0 aliphatic heterocycles. The normalized spacial score (nSPS) is 11.3. The summed E-state index contributed by atoms with van der Waals surface area (Å²) in [5.41, 5.74) is 20.5. The Bertz CT molecular complexity index is 3370. The average Bonchev–Trinajstić information content (AvgIpc) is 3.73. The predicted octanol–water partition coefficient (Wildman–Crippen LogP) is 15.8. The van der Waals surface area contributed by atoms with Gasteiger partial charge in [-0.1, -0.05) is 170 Å². The van der Waals surface area contributed by atoms with Gasteiger partial charge in [0.15, 0.2) is 0 Å². The molecule has 0 aliphatic rings. The Morgan fingerprint density at radius 1 is 0.306 bits per heavy atom. The molecule has 0 radical (unpaired) electrons. The number of fused-ring (bicyclic) bond motifs is 3. The van der Waals surface area contributed by atoms with Crippen LogP contribution in [-0.2, 0) is 0 Å². The number of aryl methyl sites for hydroxylation is 1. The third-order valence-electron chi connectivity index (χ3n) is 12.0. The molecule has 0 saturated carbocycles. The Morgan fingerprint density at radius 3 is 1.26 bits per heavy atom. The maximum Gasteiger partial charge on any atom is 0.0737 e. The molecule has 0 spiro atoms. The van der Waals surface area contributed by atoms with Crippen LogP contribution in [0.25, 0.3) is 111 Å². The van der Waals surface area contributed by atoms with Gasteiger partial charge >= 0.3 is 0 Å². The monoisotopic (exact) mass is 791 g/mol. The van der Waals surface area contributed by atoms with Crippen LogP contribution in [0.1, 0.15) is 5.56 Å². The molecular weight excluding hydrogens is 751 g/mol. The predicted molar refractivity (Wildman–Crippen MR) is 260 cm³/mol. The molecule has 62 heavy (non-hydrogen) atoms. The zero-order valence-corrected chi connectivity index (χ0v) is 34.3. The molecular formula is C59H41N3. The standard InChI is InChI=1S/C59H41N3/c1-39-38-60-56(37-50(39)44-26-15-6-16-27-44)53-33-47(41-20-9-3-10-21-41)31-51-52-32-48(42-22-11-4-12-23-42)34-54(59(52)62-58(51)53)57-36-49(43-24-13-5-14-25-43)35-55(61-57)46-29-17-28-45(30-46)40-18-7-2-8-19-40/h2-38,62H,1H3. The van der Waals surface area contributed by atoms with Crippen molar-refractivity contribution in [3.05, 3.63) is 230 Å². The first-order valence-corrected chi connectivity index (χ1v) is 21.1. The summed E-state index contributed by atoms with van der Waals surface area (Å²) in [6, 6.07) is 77.9. The Morgan fingerprint density at radius 2 is 0.726 bits per heavy atom. The van der Waals surface area contributed by atoms with E-state index in [0.717, 1.165) is 100 Å². The molecule has 3 nitrogen and oxygen atoms in total. The van der Waals surface area contributed by atoms with Gasteiger partial charge in [-0.15, -0.1) is 0 Å². The minimum Gasteiger partial charge on any atom is -0.353 e. The lowest BCUT2D eigenvalue weighted by atomic mass is 9.93. The first-order chi connectivity index (χ1) is 30.6. The second-order valence-corrected chi connectivity index (χ2v) is 15.9. The van der Waals surface area contributed by atoms with Crippen LogP contribution in [-0.4, -0.2) is 15.0 Å². The van der Waals surface area contributed by atoms with Gasteiger partial charge in [-0.05, 0) is 117 Å². The maximum absolute atomic E-state index is 5.56. The van der Waals surface area contributed by atoms with E-state index < -0.39 is 0 Å². The number of nitrogens with one attached hydrogen (secondary N) is 1. The average molecular weight is 792 g/mol. The minimum absolute atomic E-state index is 0.894. The van der Waals surface area contributed by atoms with Crippen molar-refractivity contribution in [2.24, 2.45) is 0 Å². The summed E-state index contributed by atoms with van der Waals surface area (Å²) < 4.78 is 0. The largest absolute Gasteiger partial charge is 0.353 e. The first kappa shape index (κ1) is 36.9. The number of rotatable bonds is 8. The molecule has 0 fully saturated rings. The third kappa shape index (κ3) is 6.96. The SMILES string of the molecule is Cc1cnc(-c2cc(-c3ccccc3)cc3c2[nH]c2c(-c4cc(-c5ccccc5)cc(-c5cccc(-c6ccccc6)c5)n4)cc(-c4ccccc4)cc23)cc1-c1ccccc1. The molecule has 1 N–H and O–H groups in total. The molecule has 3 aromatic heterocycles. The number of benzene rings is 8. The van der Waals surface area contributed by atoms with Crippen molar-refractivity contribution in [1.82, 2.24) is 15.0 Å². The number of aromatic amines is 1. The molecule has 3 heteroatoms. The lowest BCUT2D eigenvalue weighted by molar-refractivity contribution is 1.27. The fourth-order valence-electron chi connectivity index (χ4n) is 8.80. The second kappa shape index (κ2) is 15.8. The van der Waals surface area contributed by atoms with Crippen LogP contribution in [0, 0.1) is 6.92 Å². The van der Waals surface area contributed by atoms with Crippen LogP contribution in [0.3, 0.4) is 0 Å². The lowest BCUT2D eigenvalue weighted by Gasteiger charge is -2.13. The van der Waals surface area contributed by atoms with Crippen molar-refractivity contribution >= 4 is 21.8 Å². The number of hydrogen-bond acceptors (Lipinski definition) is 2. The van der Waals surface area contributed by atoms with Crippen LogP contribution in [0.5, 0.6) is 0 Å². The number of hydrogen-bond donors (Lipinski definition) is 1.